The quantitative estimate of drug-likeness (QED) is 0.0327. The summed E-state index contributed by atoms with van der Waals surface area (Å²) in [5, 5.41) is 21.9. The van der Waals surface area contributed by atoms with E-state index in [2.05, 4.69) is 5.32 Å². The van der Waals surface area contributed by atoms with E-state index in [1.54, 1.807) is 5.48 Å². The number of carbonyl (C=O) groups is 2. The number of carbonyl (C=O) groups excluding carboxylic acids is 2. The lowest BCUT2D eigenvalue weighted by Crippen LogP contribution is -2.31. The summed E-state index contributed by atoms with van der Waals surface area (Å²) in [6.07, 6.45) is 1.07. The molecule has 2 amide bonds. The number of rotatable bonds is 16. The zero-order valence-electron chi connectivity index (χ0n) is 31.4. The van der Waals surface area contributed by atoms with E-state index in [-0.39, 0.29) is 31.1 Å². The summed E-state index contributed by atoms with van der Waals surface area (Å²) in [6.45, 7) is 0.334. The number of hydrogen-bond donors (Lipinski definition) is 4. The Labute approximate surface area is 336 Å². The third-order valence-corrected chi connectivity index (χ3v) is 10.8. The van der Waals surface area contributed by atoms with Crippen molar-refractivity contribution in [3.05, 3.63) is 156 Å². The number of nitrogens with one attached hydrogen (secondary N) is 2. The van der Waals surface area contributed by atoms with Crippen LogP contribution in [0.15, 0.2) is 143 Å². The summed E-state index contributed by atoms with van der Waals surface area (Å²) < 4.78 is 19.7. The van der Waals surface area contributed by atoms with Crippen molar-refractivity contribution in [3.63, 3.8) is 0 Å². The first kappa shape index (κ1) is 39.7. The van der Waals surface area contributed by atoms with Crippen molar-refractivity contribution in [1.29, 1.82) is 0 Å². The van der Waals surface area contributed by atoms with E-state index in [1.807, 2.05) is 133 Å². The van der Waals surface area contributed by atoms with E-state index in [0.717, 1.165) is 56.0 Å². The normalized spacial score (nSPS) is 16.6. The van der Waals surface area contributed by atoms with Crippen molar-refractivity contribution < 1.29 is 33.8 Å². The highest BCUT2D eigenvalue weighted by atomic mass is 32.2. The molecule has 7 rings (SSSR count). The molecule has 1 saturated heterocycles. The molecule has 0 unspecified atom stereocenters. The molecule has 0 bridgehead atoms. The predicted octanol–water partition coefficient (Wildman–Crippen LogP) is 9.19. The number of benzene rings is 5. The monoisotopic (exact) mass is 783 g/mol. The molecule has 1 fully saturated rings. The van der Waals surface area contributed by atoms with Crippen molar-refractivity contribution in [2.75, 3.05) is 5.75 Å². The molecule has 5 aromatic carbocycles. The second kappa shape index (κ2) is 19.5. The van der Waals surface area contributed by atoms with Gasteiger partial charge in [-0.2, -0.15) is 0 Å². The number of ether oxygens (including phenoxy) is 2. The van der Waals surface area contributed by atoms with Gasteiger partial charge in [0.15, 0.2) is 12.1 Å². The number of nitrogens with zero attached hydrogens (tertiary/aromatic N) is 1. The number of aliphatic hydroxyl groups is 1. The summed E-state index contributed by atoms with van der Waals surface area (Å²) >= 11 is 1.52. The minimum Gasteiger partial charge on any atom is -0.431 e. The SMILES string of the molecule is O=C(CCCCC(=O)NCc1ccccc1-c1ccc([C@@H]2O[C@H](CSc3nc(-c4ccccc4)c(-c4ccccc4)o3)C[C@H](c3ccc(CO)cc3)O2)cc1)NO. The van der Waals surface area contributed by atoms with Gasteiger partial charge in [-0.25, -0.2) is 10.5 Å². The van der Waals surface area contributed by atoms with Crippen LogP contribution < -0.4 is 10.8 Å². The Kier molecular flexibility index (Phi) is 13.6. The van der Waals surface area contributed by atoms with Crippen LogP contribution in [0.25, 0.3) is 33.7 Å². The zero-order valence-corrected chi connectivity index (χ0v) is 32.2. The standard InChI is InChI=1S/C46H45N3O7S/c50-29-31-19-21-33(22-20-31)40-27-38(30-57-46-48-43(34-11-3-1-4-12-34)44(56-46)35-13-5-2-6-14-35)54-45(55-40)36-25-23-32(24-26-36)39-16-8-7-15-37(39)28-47-41(51)17-9-10-18-42(52)49-53/h1-8,11-16,19-26,38,40,45,50,53H,9-10,17-18,27-30H2,(H,47,51)(H,49,52)/t38-,40+,45+/m0/s1. The summed E-state index contributed by atoms with van der Waals surface area (Å²) in [5.41, 5.74) is 10.0. The Morgan fingerprint density at radius 3 is 2.07 bits per heavy atom. The topological polar surface area (TPSA) is 143 Å². The fraction of sp³-hybridized carbons (Fsp3) is 0.239. The number of oxazole rings is 1. The third kappa shape index (κ3) is 10.4. The number of unbranched alkanes of at least 4 members (excludes halogenated alkanes) is 1. The average Bonchev–Trinajstić information content (AvgIpc) is 3.71. The van der Waals surface area contributed by atoms with Crippen molar-refractivity contribution in [2.45, 2.75) is 69.0 Å². The maximum atomic E-state index is 12.5. The van der Waals surface area contributed by atoms with E-state index in [0.29, 0.717) is 43.2 Å². The Morgan fingerprint density at radius 2 is 1.37 bits per heavy atom. The van der Waals surface area contributed by atoms with Crippen LogP contribution in [0.4, 0.5) is 0 Å². The largest absolute Gasteiger partial charge is 0.431 e. The van der Waals surface area contributed by atoms with Crippen molar-refractivity contribution in [3.8, 4) is 33.7 Å². The maximum absolute atomic E-state index is 12.5. The molecule has 3 atom stereocenters. The highest BCUT2D eigenvalue weighted by molar-refractivity contribution is 7.99. The van der Waals surface area contributed by atoms with Gasteiger partial charge in [-0.15, -0.1) is 0 Å². The summed E-state index contributed by atoms with van der Waals surface area (Å²) in [7, 11) is 0. The molecule has 11 heteroatoms. The lowest BCUT2D eigenvalue weighted by Gasteiger charge is -2.36. The number of hydroxylamine groups is 1. The second-order valence-corrected chi connectivity index (χ2v) is 14.8. The summed E-state index contributed by atoms with van der Waals surface area (Å²) in [5.74, 6) is 0.759. The molecule has 4 N–H and O–H groups in total. The van der Waals surface area contributed by atoms with Crippen LogP contribution >= 0.6 is 11.8 Å². The summed E-state index contributed by atoms with van der Waals surface area (Å²) in [4.78, 5) is 28.7. The minimum absolute atomic E-state index is 0.0296. The van der Waals surface area contributed by atoms with E-state index in [4.69, 9.17) is 24.1 Å². The maximum Gasteiger partial charge on any atom is 0.256 e. The van der Waals surface area contributed by atoms with Crippen LogP contribution in [0.2, 0.25) is 0 Å². The van der Waals surface area contributed by atoms with Gasteiger partial charge in [-0.3, -0.25) is 14.8 Å². The van der Waals surface area contributed by atoms with Crippen LogP contribution in [0, 0.1) is 0 Å². The van der Waals surface area contributed by atoms with Gasteiger partial charge < -0.3 is 24.3 Å². The molecule has 0 aliphatic carbocycles. The van der Waals surface area contributed by atoms with E-state index in [1.165, 1.54) is 11.8 Å². The molecule has 10 nitrogen and oxygen atoms in total. The van der Waals surface area contributed by atoms with Crippen LogP contribution in [0.3, 0.4) is 0 Å². The number of thioether (sulfide) groups is 1. The predicted molar refractivity (Wildman–Crippen MR) is 219 cm³/mol. The van der Waals surface area contributed by atoms with Gasteiger partial charge in [-0.1, -0.05) is 145 Å². The molecular formula is C46H45N3O7S. The minimum atomic E-state index is -0.636. The molecule has 0 radical (unpaired) electrons. The van der Waals surface area contributed by atoms with Crippen LogP contribution in [-0.4, -0.2) is 39.0 Å². The average molecular weight is 784 g/mol. The number of amides is 2. The molecule has 1 aliphatic heterocycles. The Bertz CT molecular complexity index is 2160. The van der Waals surface area contributed by atoms with E-state index < -0.39 is 12.2 Å². The highest BCUT2D eigenvalue weighted by Gasteiger charge is 2.33. The van der Waals surface area contributed by atoms with Crippen molar-refractivity contribution in [1.82, 2.24) is 15.8 Å². The molecule has 0 spiro atoms. The van der Waals surface area contributed by atoms with E-state index in [9.17, 15) is 14.7 Å². The fourth-order valence-corrected chi connectivity index (χ4v) is 7.65. The Hall–Kier alpha value is -5.56. The van der Waals surface area contributed by atoms with Gasteiger partial charge in [0.05, 0.1) is 18.8 Å². The molecule has 1 aromatic heterocycles. The number of hydrogen-bond acceptors (Lipinski definition) is 9. The Morgan fingerprint density at radius 1 is 0.719 bits per heavy atom. The lowest BCUT2D eigenvalue weighted by atomic mass is 9.97. The van der Waals surface area contributed by atoms with Gasteiger partial charge in [0, 0.05) is 48.3 Å². The smallest absolute Gasteiger partial charge is 0.256 e. The number of aliphatic hydroxyl groups excluding tert-OH is 1. The molecular weight excluding hydrogens is 739 g/mol. The van der Waals surface area contributed by atoms with Gasteiger partial charge in [0.25, 0.3) is 5.22 Å². The molecule has 2 heterocycles. The van der Waals surface area contributed by atoms with Gasteiger partial charge in [0.1, 0.15) is 5.69 Å². The second-order valence-electron chi connectivity index (χ2n) is 13.8. The van der Waals surface area contributed by atoms with Crippen LogP contribution in [0.1, 0.15) is 66.8 Å². The van der Waals surface area contributed by atoms with Gasteiger partial charge in [0.2, 0.25) is 11.8 Å². The lowest BCUT2D eigenvalue weighted by molar-refractivity contribution is -0.245. The first-order valence-electron chi connectivity index (χ1n) is 19.1. The molecule has 6 aromatic rings. The first-order chi connectivity index (χ1) is 28.0. The molecule has 1 aliphatic rings. The van der Waals surface area contributed by atoms with Gasteiger partial charge >= 0.3 is 0 Å². The third-order valence-electron chi connectivity index (χ3n) is 9.87. The Balaban J connectivity index is 1.06. The molecule has 57 heavy (non-hydrogen) atoms. The van der Waals surface area contributed by atoms with E-state index >= 15 is 0 Å². The molecule has 0 saturated carbocycles. The first-order valence-corrected chi connectivity index (χ1v) is 20.1. The zero-order chi connectivity index (χ0) is 39.4. The highest BCUT2D eigenvalue weighted by Crippen LogP contribution is 2.41. The fourth-order valence-electron chi connectivity index (χ4n) is 6.81. The number of aromatic nitrogens is 1. The van der Waals surface area contributed by atoms with Crippen molar-refractivity contribution in [2.24, 2.45) is 0 Å². The molecule has 292 valence electrons. The van der Waals surface area contributed by atoms with Crippen molar-refractivity contribution >= 4 is 23.6 Å². The summed E-state index contributed by atoms with van der Waals surface area (Å²) in [6, 6.07) is 44.0. The van der Waals surface area contributed by atoms with Crippen LogP contribution in [0.5, 0.6) is 0 Å². The van der Waals surface area contributed by atoms with Gasteiger partial charge in [-0.05, 0) is 40.7 Å². The van der Waals surface area contributed by atoms with Crippen LogP contribution in [-0.2, 0) is 32.2 Å².